The molecule has 4 aromatic rings. The maximum absolute atomic E-state index is 12.5. The van der Waals surface area contributed by atoms with Crippen LogP contribution in [0.15, 0.2) is 84.8 Å². The van der Waals surface area contributed by atoms with Gasteiger partial charge >= 0.3 is 0 Å². The molecule has 0 unspecified atom stereocenters. The molecule has 1 amide bonds. The third kappa shape index (κ3) is 4.35. The summed E-state index contributed by atoms with van der Waals surface area (Å²) < 4.78 is 1.94. The zero-order chi connectivity index (χ0) is 20.1. The standard InChI is InChI=1S/C22H19N5OS/c1-2-13-27-21(17-9-11-23-12-10-17)25-26-22(27)29-15-20(28)24-19-8-7-16-5-3-4-6-18(16)14-19/h2-12,14H,1,13,15H2,(H,24,28). The minimum Gasteiger partial charge on any atom is -0.325 e. The van der Waals surface area contributed by atoms with Crippen LogP contribution in [-0.2, 0) is 11.3 Å². The molecule has 0 spiro atoms. The number of thioether (sulfide) groups is 1. The van der Waals surface area contributed by atoms with E-state index in [1.807, 2.05) is 59.2 Å². The third-order valence-electron chi connectivity index (χ3n) is 4.33. The molecule has 144 valence electrons. The predicted octanol–water partition coefficient (Wildman–Crippen LogP) is 4.41. The number of fused-ring (bicyclic) bond motifs is 1. The van der Waals surface area contributed by atoms with Crippen LogP contribution in [0.3, 0.4) is 0 Å². The van der Waals surface area contributed by atoms with E-state index in [1.54, 1.807) is 18.5 Å². The van der Waals surface area contributed by atoms with Crippen molar-refractivity contribution in [2.75, 3.05) is 11.1 Å². The van der Waals surface area contributed by atoms with Crippen molar-refractivity contribution in [3.8, 4) is 11.4 Å². The molecule has 7 heteroatoms. The lowest BCUT2D eigenvalue weighted by atomic mass is 10.1. The minimum atomic E-state index is -0.0936. The van der Waals surface area contributed by atoms with E-state index < -0.39 is 0 Å². The van der Waals surface area contributed by atoms with Gasteiger partial charge in [0.1, 0.15) is 0 Å². The zero-order valence-corrected chi connectivity index (χ0v) is 16.5. The largest absolute Gasteiger partial charge is 0.325 e. The van der Waals surface area contributed by atoms with Crippen LogP contribution in [0.4, 0.5) is 5.69 Å². The van der Waals surface area contributed by atoms with Gasteiger partial charge in [-0.15, -0.1) is 16.8 Å². The molecule has 6 nitrogen and oxygen atoms in total. The second-order valence-corrected chi connectivity index (χ2v) is 7.28. The minimum absolute atomic E-state index is 0.0936. The van der Waals surface area contributed by atoms with Crippen LogP contribution in [0.5, 0.6) is 0 Å². The highest BCUT2D eigenvalue weighted by Gasteiger charge is 2.15. The van der Waals surface area contributed by atoms with Crippen LogP contribution in [0.1, 0.15) is 0 Å². The summed E-state index contributed by atoms with van der Waals surface area (Å²) in [6, 6.07) is 17.7. The van der Waals surface area contributed by atoms with Crippen molar-refractivity contribution < 1.29 is 4.79 Å². The second-order valence-electron chi connectivity index (χ2n) is 6.34. The summed E-state index contributed by atoms with van der Waals surface area (Å²) in [4.78, 5) is 16.5. The number of hydrogen-bond donors (Lipinski definition) is 1. The zero-order valence-electron chi connectivity index (χ0n) is 15.7. The van der Waals surface area contributed by atoms with Crippen LogP contribution in [0, 0.1) is 0 Å². The molecule has 0 saturated heterocycles. The van der Waals surface area contributed by atoms with Crippen molar-refractivity contribution in [3.05, 3.63) is 79.6 Å². The monoisotopic (exact) mass is 401 g/mol. The summed E-state index contributed by atoms with van der Waals surface area (Å²) in [5.41, 5.74) is 1.70. The molecular weight excluding hydrogens is 382 g/mol. The van der Waals surface area contributed by atoms with Crippen molar-refractivity contribution in [1.82, 2.24) is 19.7 Å². The van der Waals surface area contributed by atoms with E-state index in [4.69, 9.17) is 0 Å². The Morgan fingerprint density at radius 1 is 1.07 bits per heavy atom. The topological polar surface area (TPSA) is 72.7 Å². The Morgan fingerprint density at radius 2 is 1.86 bits per heavy atom. The number of aromatic nitrogens is 4. The number of benzene rings is 2. The fourth-order valence-corrected chi connectivity index (χ4v) is 3.75. The fourth-order valence-electron chi connectivity index (χ4n) is 3.00. The molecule has 1 N–H and O–H groups in total. The van der Waals surface area contributed by atoms with E-state index in [0.29, 0.717) is 11.7 Å². The number of carbonyl (C=O) groups is 1. The van der Waals surface area contributed by atoms with E-state index >= 15 is 0 Å². The predicted molar refractivity (Wildman–Crippen MR) is 117 cm³/mol. The lowest BCUT2D eigenvalue weighted by Gasteiger charge is -2.08. The highest BCUT2D eigenvalue weighted by Crippen LogP contribution is 2.24. The van der Waals surface area contributed by atoms with Crippen LogP contribution in [-0.4, -0.2) is 31.4 Å². The van der Waals surface area contributed by atoms with E-state index in [2.05, 4.69) is 27.1 Å². The number of nitrogens with zero attached hydrogens (tertiary/aromatic N) is 4. The van der Waals surface area contributed by atoms with Gasteiger partial charge in [-0.2, -0.15) is 0 Å². The Labute approximate surface area is 172 Å². The molecule has 0 fully saturated rings. The van der Waals surface area contributed by atoms with Gasteiger partial charge in [0.25, 0.3) is 0 Å². The highest BCUT2D eigenvalue weighted by atomic mass is 32.2. The van der Waals surface area contributed by atoms with Gasteiger partial charge in [0.05, 0.1) is 5.75 Å². The molecular formula is C22H19N5OS. The Hall–Kier alpha value is -3.45. The number of pyridine rings is 1. The van der Waals surface area contributed by atoms with Crippen LogP contribution < -0.4 is 5.32 Å². The molecule has 0 radical (unpaired) electrons. The number of rotatable bonds is 7. The molecule has 0 aliphatic rings. The number of allylic oxidation sites excluding steroid dienone is 1. The highest BCUT2D eigenvalue weighted by molar-refractivity contribution is 7.99. The first-order valence-corrected chi connectivity index (χ1v) is 10.1. The summed E-state index contributed by atoms with van der Waals surface area (Å²) in [5.74, 6) is 0.868. The van der Waals surface area contributed by atoms with Gasteiger partial charge in [-0.25, -0.2) is 0 Å². The van der Waals surface area contributed by atoms with Gasteiger partial charge in [-0.05, 0) is 35.0 Å². The number of hydrogen-bond acceptors (Lipinski definition) is 5. The number of carbonyl (C=O) groups excluding carboxylic acids is 1. The van der Waals surface area contributed by atoms with Gasteiger partial charge in [0.2, 0.25) is 5.91 Å². The van der Waals surface area contributed by atoms with E-state index in [-0.39, 0.29) is 11.7 Å². The molecule has 29 heavy (non-hydrogen) atoms. The third-order valence-corrected chi connectivity index (χ3v) is 5.30. The Kier molecular flexibility index (Phi) is 5.67. The summed E-state index contributed by atoms with van der Waals surface area (Å²) in [5, 5.41) is 14.4. The number of nitrogens with one attached hydrogen (secondary N) is 1. The first kappa shape index (κ1) is 18.9. The molecule has 0 atom stereocenters. The normalized spacial score (nSPS) is 10.8. The Balaban J connectivity index is 1.46. The molecule has 0 aliphatic heterocycles. The van der Waals surface area contributed by atoms with Gasteiger partial charge < -0.3 is 5.32 Å². The van der Waals surface area contributed by atoms with Crippen LogP contribution in [0.2, 0.25) is 0 Å². The lowest BCUT2D eigenvalue weighted by molar-refractivity contribution is -0.113. The average Bonchev–Trinajstić information content (AvgIpc) is 3.16. The van der Waals surface area contributed by atoms with Crippen molar-refractivity contribution >= 4 is 34.1 Å². The van der Waals surface area contributed by atoms with Crippen LogP contribution >= 0.6 is 11.8 Å². The van der Waals surface area contributed by atoms with E-state index in [1.165, 1.54) is 11.8 Å². The molecule has 0 saturated carbocycles. The van der Waals surface area contributed by atoms with Crippen molar-refractivity contribution in [2.24, 2.45) is 0 Å². The molecule has 4 rings (SSSR count). The summed E-state index contributed by atoms with van der Waals surface area (Å²) >= 11 is 1.35. The second kappa shape index (κ2) is 8.70. The van der Waals surface area contributed by atoms with Crippen molar-refractivity contribution in [3.63, 3.8) is 0 Å². The Bertz CT molecular complexity index is 1160. The van der Waals surface area contributed by atoms with E-state index in [0.717, 1.165) is 27.8 Å². The molecule has 0 aliphatic carbocycles. The van der Waals surface area contributed by atoms with Gasteiger partial charge in [-0.3, -0.25) is 14.3 Å². The molecule has 0 bridgehead atoms. The Morgan fingerprint density at radius 3 is 2.66 bits per heavy atom. The van der Waals surface area contributed by atoms with Gasteiger partial charge in [0.15, 0.2) is 11.0 Å². The average molecular weight is 401 g/mol. The maximum atomic E-state index is 12.5. The SMILES string of the molecule is C=CCn1c(SCC(=O)Nc2ccc3ccccc3c2)nnc1-c1ccncc1. The quantitative estimate of drug-likeness (QED) is 0.367. The summed E-state index contributed by atoms with van der Waals surface area (Å²) in [6.07, 6.45) is 5.21. The number of amides is 1. The maximum Gasteiger partial charge on any atom is 0.234 e. The van der Waals surface area contributed by atoms with Crippen LogP contribution in [0.25, 0.3) is 22.2 Å². The molecule has 2 aromatic heterocycles. The molecule has 2 heterocycles. The molecule has 2 aromatic carbocycles. The first-order valence-electron chi connectivity index (χ1n) is 9.10. The van der Waals surface area contributed by atoms with Crippen molar-refractivity contribution in [1.29, 1.82) is 0 Å². The summed E-state index contributed by atoms with van der Waals surface area (Å²) in [7, 11) is 0. The summed E-state index contributed by atoms with van der Waals surface area (Å²) in [6.45, 7) is 4.36. The van der Waals surface area contributed by atoms with Gasteiger partial charge in [-0.1, -0.05) is 48.2 Å². The van der Waals surface area contributed by atoms with E-state index in [9.17, 15) is 4.79 Å². The number of anilines is 1. The smallest absolute Gasteiger partial charge is 0.234 e. The van der Waals surface area contributed by atoms with Crippen molar-refractivity contribution in [2.45, 2.75) is 11.7 Å². The fraction of sp³-hybridized carbons (Fsp3) is 0.0909. The lowest BCUT2D eigenvalue weighted by Crippen LogP contribution is -2.14. The first-order chi connectivity index (χ1) is 14.2. The van der Waals surface area contributed by atoms with Gasteiger partial charge in [0, 0.05) is 30.2 Å².